The summed E-state index contributed by atoms with van der Waals surface area (Å²) in [6.07, 6.45) is 0. The molecule has 0 atom stereocenters. The lowest BCUT2D eigenvalue weighted by atomic mass is 10.0. The third kappa shape index (κ3) is 3.26. The molecule has 0 spiro atoms. The zero-order valence-electron chi connectivity index (χ0n) is 13.5. The first-order valence-corrected chi connectivity index (χ1v) is 8.12. The number of anilines is 1. The monoisotopic (exact) mass is 324 g/mol. The van der Waals surface area contributed by atoms with Crippen molar-refractivity contribution in [1.29, 1.82) is 0 Å². The van der Waals surface area contributed by atoms with Crippen molar-refractivity contribution in [1.82, 2.24) is 4.98 Å². The highest BCUT2D eigenvalue weighted by Gasteiger charge is 2.07. The maximum atomic E-state index is 12.2. The van der Waals surface area contributed by atoms with Crippen LogP contribution >= 0.6 is 0 Å². The maximum Gasteiger partial charge on any atom is 0.256 e. The number of rotatable bonds is 3. The summed E-state index contributed by atoms with van der Waals surface area (Å²) in [6.45, 7) is 0. The Kier molecular flexibility index (Phi) is 3.97. The van der Waals surface area contributed by atoms with E-state index in [9.17, 15) is 4.79 Å². The van der Waals surface area contributed by atoms with Gasteiger partial charge in [-0.15, -0.1) is 0 Å². The molecular weight excluding hydrogens is 308 g/mol. The Hall–Kier alpha value is -3.46. The first kappa shape index (κ1) is 15.1. The molecule has 0 saturated carbocycles. The van der Waals surface area contributed by atoms with Crippen molar-refractivity contribution < 1.29 is 4.79 Å². The third-order valence-electron chi connectivity index (χ3n) is 4.07. The van der Waals surface area contributed by atoms with Gasteiger partial charge in [-0.2, -0.15) is 0 Å². The number of nitrogens with one attached hydrogen (secondary N) is 1. The summed E-state index contributed by atoms with van der Waals surface area (Å²) in [5.41, 5.74) is 3.79. The highest BCUT2D eigenvalue weighted by atomic mass is 16.1. The number of nitrogens with zero attached hydrogens (tertiary/aromatic N) is 1. The molecule has 0 aliphatic carbocycles. The van der Waals surface area contributed by atoms with Crippen LogP contribution in [0.2, 0.25) is 0 Å². The van der Waals surface area contributed by atoms with Gasteiger partial charge in [-0.1, -0.05) is 54.6 Å². The van der Waals surface area contributed by atoms with Gasteiger partial charge in [-0.25, -0.2) is 4.98 Å². The Balaban J connectivity index is 1.62. The van der Waals surface area contributed by atoms with Crippen molar-refractivity contribution in [2.24, 2.45) is 0 Å². The lowest BCUT2D eigenvalue weighted by molar-refractivity contribution is 0.102. The summed E-state index contributed by atoms with van der Waals surface area (Å²) in [6, 6.07) is 29.3. The first-order valence-electron chi connectivity index (χ1n) is 8.12. The highest BCUT2D eigenvalue weighted by Crippen LogP contribution is 2.24. The summed E-state index contributed by atoms with van der Waals surface area (Å²) in [5.74, 6) is 0.391. The molecule has 0 fully saturated rings. The summed E-state index contributed by atoms with van der Waals surface area (Å²) in [5, 5.41) is 3.89. The van der Waals surface area contributed by atoms with Gasteiger partial charge < -0.3 is 5.32 Å². The fourth-order valence-corrected chi connectivity index (χ4v) is 2.78. The summed E-state index contributed by atoms with van der Waals surface area (Å²) >= 11 is 0. The van der Waals surface area contributed by atoms with Crippen molar-refractivity contribution in [3.8, 4) is 11.1 Å². The van der Waals surface area contributed by atoms with Crippen LogP contribution in [-0.2, 0) is 0 Å². The van der Waals surface area contributed by atoms with Gasteiger partial charge in [0.1, 0.15) is 5.82 Å². The van der Waals surface area contributed by atoms with Gasteiger partial charge in [0, 0.05) is 10.9 Å². The van der Waals surface area contributed by atoms with Gasteiger partial charge >= 0.3 is 0 Å². The van der Waals surface area contributed by atoms with Gasteiger partial charge in [0.2, 0.25) is 0 Å². The van der Waals surface area contributed by atoms with E-state index in [1.54, 1.807) is 12.1 Å². The van der Waals surface area contributed by atoms with E-state index >= 15 is 0 Å². The molecule has 0 unspecified atom stereocenters. The van der Waals surface area contributed by atoms with Crippen LogP contribution in [0.5, 0.6) is 0 Å². The number of carbonyl (C=O) groups excluding carboxylic acids is 1. The molecule has 25 heavy (non-hydrogen) atoms. The predicted molar refractivity (Wildman–Crippen MR) is 102 cm³/mol. The molecule has 0 aliphatic heterocycles. The molecular formula is C22H16N2O. The number of benzene rings is 3. The SMILES string of the molecule is O=C(Nc1ccc2cc(-c3ccccc3)ccc2n1)c1ccccc1. The number of pyridine rings is 1. The zero-order valence-corrected chi connectivity index (χ0v) is 13.5. The quantitative estimate of drug-likeness (QED) is 0.566. The Morgan fingerprint density at radius 2 is 1.44 bits per heavy atom. The molecule has 4 aromatic rings. The van der Waals surface area contributed by atoms with E-state index in [1.807, 2.05) is 60.7 Å². The maximum absolute atomic E-state index is 12.2. The van der Waals surface area contributed by atoms with E-state index in [0.717, 1.165) is 16.5 Å². The minimum atomic E-state index is -0.159. The van der Waals surface area contributed by atoms with E-state index in [2.05, 4.69) is 28.5 Å². The van der Waals surface area contributed by atoms with Gasteiger partial charge in [0.05, 0.1) is 5.52 Å². The summed E-state index contributed by atoms with van der Waals surface area (Å²) in [4.78, 5) is 16.8. The van der Waals surface area contributed by atoms with E-state index < -0.39 is 0 Å². The largest absolute Gasteiger partial charge is 0.307 e. The van der Waals surface area contributed by atoms with Crippen LogP contribution in [0.15, 0.2) is 91.0 Å². The van der Waals surface area contributed by atoms with E-state index in [4.69, 9.17) is 0 Å². The van der Waals surface area contributed by atoms with Crippen LogP contribution in [0, 0.1) is 0 Å². The van der Waals surface area contributed by atoms with E-state index in [1.165, 1.54) is 5.56 Å². The van der Waals surface area contributed by atoms with Gasteiger partial charge in [-0.05, 0) is 47.5 Å². The standard InChI is InChI=1S/C22H16N2O/c25-22(17-9-5-2-6-10-17)24-21-14-12-19-15-18(11-13-20(19)23-21)16-7-3-1-4-8-16/h1-15H,(H,23,24,25). The fraction of sp³-hybridized carbons (Fsp3) is 0. The number of aromatic nitrogens is 1. The Bertz CT molecular complexity index is 1030. The van der Waals surface area contributed by atoms with Crippen LogP contribution in [0.3, 0.4) is 0 Å². The first-order chi connectivity index (χ1) is 12.3. The Labute approximate surface area is 146 Å². The van der Waals surface area contributed by atoms with Crippen molar-refractivity contribution in [3.63, 3.8) is 0 Å². The van der Waals surface area contributed by atoms with Gasteiger partial charge in [-0.3, -0.25) is 4.79 Å². The molecule has 0 aliphatic rings. The minimum Gasteiger partial charge on any atom is -0.307 e. The van der Waals surface area contributed by atoms with Crippen LogP contribution < -0.4 is 5.32 Å². The number of hydrogen-bond donors (Lipinski definition) is 1. The van der Waals surface area contributed by atoms with Crippen molar-refractivity contribution in [2.75, 3.05) is 5.32 Å². The molecule has 1 N–H and O–H groups in total. The highest BCUT2D eigenvalue weighted by molar-refractivity contribution is 6.04. The second kappa shape index (κ2) is 6.57. The zero-order chi connectivity index (χ0) is 17.1. The molecule has 0 bridgehead atoms. The molecule has 1 heterocycles. The van der Waals surface area contributed by atoms with Crippen molar-refractivity contribution in [3.05, 3.63) is 96.6 Å². The molecule has 1 aromatic heterocycles. The van der Waals surface area contributed by atoms with Crippen molar-refractivity contribution in [2.45, 2.75) is 0 Å². The average Bonchev–Trinajstić information content (AvgIpc) is 2.69. The minimum absolute atomic E-state index is 0.159. The van der Waals surface area contributed by atoms with E-state index in [-0.39, 0.29) is 5.91 Å². The molecule has 3 heteroatoms. The number of hydrogen-bond acceptors (Lipinski definition) is 2. The normalized spacial score (nSPS) is 10.6. The number of amides is 1. The predicted octanol–water partition coefficient (Wildman–Crippen LogP) is 5.15. The van der Waals surface area contributed by atoms with Crippen LogP contribution in [0.1, 0.15) is 10.4 Å². The fourth-order valence-electron chi connectivity index (χ4n) is 2.78. The number of fused-ring (bicyclic) bond motifs is 1. The topological polar surface area (TPSA) is 42.0 Å². The molecule has 0 radical (unpaired) electrons. The summed E-state index contributed by atoms with van der Waals surface area (Å²) in [7, 11) is 0. The molecule has 120 valence electrons. The molecule has 3 aromatic carbocycles. The van der Waals surface area contributed by atoms with Gasteiger partial charge in [0.15, 0.2) is 0 Å². The van der Waals surface area contributed by atoms with Crippen LogP contribution in [-0.4, -0.2) is 10.9 Å². The summed E-state index contributed by atoms with van der Waals surface area (Å²) < 4.78 is 0. The van der Waals surface area contributed by atoms with Crippen molar-refractivity contribution >= 4 is 22.6 Å². The number of carbonyl (C=O) groups is 1. The average molecular weight is 324 g/mol. The lowest BCUT2D eigenvalue weighted by Gasteiger charge is -2.07. The van der Waals surface area contributed by atoms with E-state index in [0.29, 0.717) is 11.4 Å². The third-order valence-corrected chi connectivity index (χ3v) is 4.07. The van der Waals surface area contributed by atoms with Crippen LogP contribution in [0.25, 0.3) is 22.0 Å². The van der Waals surface area contributed by atoms with Crippen LogP contribution in [0.4, 0.5) is 5.82 Å². The molecule has 4 rings (SSSR count). The van der Waals surface area contributed by atoms with Gasteiger partial charge in [0.25, 0.3) is 5.91 Å². The smallest absolute Gasteiger partial charge is 0.256 e. The molecule has 3 nitrogen and oxygen atoms in total. The molecule has 0 saturated heterocycles. The second-order valence-corrected chi connectivity index (χ2v) is 5.79. The Morgan fingerprint density at radius 3 is 2.20 bits per heavy atom. The molecule has 1 amide bonds. The second-order valence-electron chi connectivity index (χ2n) is 5.79. The lowest BCUT2D eigenvalue weighted by Crippen LogP contribution is -2.12. The Morgan fingerprint density at radius 1 is 0.720 bits per heavy atom.